The van der Waals surface area contributed by atoms with Crippen LogP contribution in [0.4, 0.5) is 0 Å². The van der Waals surface area contributed by atoms with Crippen LogP contribution in [-0.4, -0.2) is 42.4 Å². The number of para-hydroxylation sites is 1. The molecule has 3 nitrogen and oxygen atoms in total. The van der Waals surface area contributed by atoms with Crippen molar-refractivity contribution in [1.82, 2.24) is 4.90 Å². The van der Waals surface area contributed by atoms with Crippen molar-refractivity contribution in [2.75, 3.05) is 26.2 Å². The lowest BCUT2D eigenvalue weighted by atomic mass is 10.1. The SMILES string of the molecule is OCCCN1CCC(Oc2ccccc2)CC1. The summed E-state index contributed by atoms with van der Waals surface area (Å²) in [4.78, 5) is 2.40. The number of aliphatic hydroxyl groups is 1. The van der Waals surface area contributed by atoms with Gasteiger partial charge < -0.3 is 14.7 Å². The van der Waals surface area contributed by atoms with Crippen molar-refractivity contribution in [2.24, 2.45) is 0 Å². The molecule has 0 spiro atoms. The van der Waals surface area contributed by atoms with Gasteiger partial charge in [-0.3, -0.25) is 0 Å². The van der Waals surface area contributed by atoms with Crippen molar-refractivity contribution in [2.45, 2.75) is 25.4 Å². The van der Waals surface area contributed by atoms with Crippen LogP contribution in [0.3, 0.4) is 0 Å². The van der Waals surface area contributed by atoms with Gasteiger partial charge in [0.2, 0.25) is 0 Å². The van der Waals surface area contributed by atoms with E-state index in [1.54, 1.807) is 0 Å². The van der Waals surface area contributed by atoms with Crippen LogP contribution in [0, 0.1) is 0 Å². The zero-order valence-corrected chi connectivity index (χ0v) is 10.2. The van der Waals surface area contributed by atoms with E-state index in [1.807, 2.05) is 30.3 Å². The second-order valence-corrected chi connectivity index (χ2v) is 4.55. The standard InChI is InChI=1S/C14H21NO2/c16-12-4-9-15-10-7-14(8-11-15)17-13-5-2-1-3-6-13/h1-3,5-6,14,16H,4,7-12H2. The summed E-state index contributed by atoms with van der Waals surface area (Å²) < 4.78 is 5.93. The number of hydrogen-bond acceptors (Lipinski definition) is 3. The molecule has 1 aromatic carbocycles. The van der Waals surface area contributed by atoms with Gasteiger partial charge in [-0.1, -0.05) is 18.2 Å². The molecule has 3 heteroatoms. The Hall–Kier alpha value is -1.06. The topological polar surface area (TPSA) is 32.7 Å². The molecule has 0 radical (unpaired) electrons. The number of rotatable bonds is 5. The minimum atomic E-state index is 0.292. The van der Waals surface area contributed by atoms with E-state index in [-0.39, 0.29) is 0 Å². The third kappa shape index (κ3) is 4.02. The molecule has 1 aromatic rings. The fourth-order valence-electron chi connectivity index (χ4n) is 2.24. The second kappa shape index (κ2) is 6.62. The van der Waals surface area contributed by atoms with Gasteiger partial charge in [-0.2, -0.15) is 0 Å². The predicted octanol–water partition coefficient (Wildman–Crippen LogP) is 1.91. The van der Waals surface area contributed by atoms with E-state index in [0.717, 1.165) is 44.6 Å². The number of piperidine rings is 1. The average Bonchev–Trinajstić information content (AvgIpc) is 2.39. The molecule has 2 rings (SSSR count). The average molecular weight is 235 g/mol. The summed E-state index contributed by atoms with van der Waals surface area (Å²) in [5.74, 6) is 0.973. The molecule has 0 saturated carbocycles. The molecule has 1 N–H and O–H groups in total. The molecule has 0 aromatic heterocycles. The van der Waals surface area contributed by atoms with E-state index < -0.39 is 0 Å². The lowest BCUT2D eigenvalue weighted by molar-refractivity contribution is 0.0964. The summed E-state index contributed by atoms with van der Waals surface area (Å²) in [5.41, 5.74) is 0. The molecule has 1 fully saturated rings. The number of aliphatic hydroxyl groups excluding tert-OH is 1. The number of nitrogens with zero attached hydrogens (tertiary/aromatic N) is 1. The van der Waals surface area contributed by atoms with Gasteiger partial charge in [0, 0.05) is 26.2 Å². The summed E-state index contributed by atoms with van der Waals surface area (Å²) in [6.45, 7) is 3.46. The van der Waals surface area contributed by atoms with Crippen LogP contribution >= 0.6 is 0 Å². The van der Waals surface area contributed by atoms with Crippen LogP contribution in [0.15, 0.2) is 30.3 Å². The Bertz CT molecular complexity index is 307. The van der Waals surface area contributed by atoms with Crippen molar-refractivity contribution in [3.63, 3.8) is 0 Å². The smallest absolute Gasteiger partial charge is 0.119 e. The van der Waals surface area contributed by atoms with E-state index in [4.69, 9.17) is 9.84 Å². The molecule has 1 saturated heterocycles. The van der Waals surface area contributed by atoms with Crippen molar-refractivity contribution >= 4 is 0 Å². The minimum absolute atomic E-state index is 0.292. The molecule has 1 aliphatic rings. The van der Waals surface area contributed by atoms with Crippen molar-refractivity contribution in [3.8, 4) is 5.75 Å². The highest BCUT2D eigenvalue weighted by Crippen LogP contribution is 2.18. The van der Waals surface area contributed by atoms with Crippen molar-refractivity contribution in [1.29, 1.82) is 0 Å². The maximum atomic E-state index is 8.79. The largest absolute Gasteiger partial charge is 0.490 e. The quantitative estimate of drug-likeness (QED) is 0.846. The van der Waals surface area contributed by atoms with Crippen molar-refractivity contribution < 1.29 is 9.84 Å². The molecule has 0 atom stereocenters. The van der Waals surface area contributed by atoms with Crippen LogP contribution < -0.4 is 4.74 Å². The maximum absolute atomic E-state index is 8.79. The first-order chi connectivity index (χ1) is 8.38. The Morgan fingerprint density at radius 1 is 1.18 bits per heavy atom. The monoisotopic (exact) mass is 235 g/mol. The van der Waals surface area contributed by atoms with Gasteiger partial charge in [0.05, 0.1) is 0 Å². The first-order valence-electron chi connectivity index (χ1n) is 6.43. The summed E-state index contributed by atoms with van der Waals surface area (Å²) in [5, 5.41) is 8.79. The van der Waals surface area contributed by atoms with E-state index in [2.05, 4.69) is 4.90 Å². The van der Waals surface area contributed by atoms with Gasteiger partial charge in [-0.25, -0.2) is 0 Å². The molecule has 0 amide bonds. The van der Waals surface area contributed by atoms with Gasteiger partial charge in [0.25, 0.3) is 0 Å². The zero-order valence-electron chi connectivity index (χ0n) is 10.2. The minimum Gasteiger partial charge on any atom is -0.490 e. The summed E-state index contributed by atoms with van der Waals surface area (Å²) in [7, 11) is 0. The Balaban J connectivity index is 1.72. The van der Waals surface area contributed by atoms with E-state index in [0.29, 0.717) is 12.7 Å². The fraction of sp³-hybridized carbons (Fsp3) is 0.571. The summed E-state index contributed by atoms with van der Waals surface area (Å²) >= 11 is 0. The lowest BCUT2D eigenvalue weighted by Crippen LogP contribution is -2.38. The van der Waals surface area contributed by atoms with E-state index >= 15 is 0 Å². The highest BCUT2D eigenvalue weighted by atomic mass is 16.5. The van der Waals surface area contributed by atoms with Crippen molar-refractivity contribution in [3.05, 3.63) is 30.3 Å². The summed E-state index contributed by atoms with van der Waals surface area (Å²) in [6.07, 6.45) is 3.40. The van der Waals surface area contributed by atoms with E-state index in [9.17, 15) is 0 Å². The van der Waals surface area contributed by atoms with Crippen LogP contribution in [0.2, 0.25) is 0 Å². The third-order valence-electron chi connectivity index (χ3n) is 3.21. The van der Waals surface area contributed by atoms with Crippen LogP contribution in [0.5, 0.6) is 5.75 Å². The van der Waals surface area contributed by atoms with Crippen LogP contribution in [0.1, 0.15) is 19.3 Å². The highest BCUT2D eigenvalue weighted by molar-refractivity contribution is 5.21. The molecule has 1 aliphatic heterocycles. The Morgan fingerprint density at radius 2 is 1.88 bits per heavy atom. The van der Waals surface area contributed by atoms with Crippen LogP contribution in [-0.2, 0) is 0 Å². The molecular formula is C14H21NO2. The van der Waals surface area contributed by atoms with E-state index in [1.165, 1.54) is 0 Å². The summed E-state index contributed by atoms with van der Waals surface area (Å²) in [6, 6.07) is 10.0. The molecule has 0 bridgehead atoms. The lowest BCUT2D eigenvalue weighted by Gasteiger charge is -2.31. The first-order valence-corrected chi connectivity index (χ1v) is 6.43. The van der Waals surface area contributed by atoms with Gasteiger partial charge in [0.1, 0.15) is 11.9 Å². The fourth-order valence-corrected chi connectivity index (χ4v) is 2.24. The Kier molecular flexibility index (Phi) is 4.83. The number of ether oxygens (including phenoxy) is 1. The third-order valence-corrected chi connectivity index (χ3v) is 3.21. The van der Waals surface area contributed by atoms with Gasteiger partial charge in [-0.05, 0) is 31.4 Å². The number of likely N-dealkylation sites (tertiary alicyclic amines) is 1. The second-order valence-electron chi connectivity index (χ2n) is 4.55. The highest BCUT2D eigenvalue weighted by Gasteiger charge is 2.19. The Morgan fingerprint density at radius 3 is 2.53 bits per heavy atom. The molecule has 94 valence electrons. The zero-order chi connectivity index (χ0) is 11.9. The Labute approximate surface area is 103 Å². The number of benzene rings is 1. The number of hydrogen-bond donors (Lipinski definition) is 1. The molecule has 17 heavy (non-hydrogen) atoms. The predicted molar refractivity (Wildman–Crippen MR) is 68.2 cm³/mol. The molecule has 0 unspecified atom stereocenters. The first kappa shape index (κ1) is 12.4. The van der Waals surface area contributed by atoms with Gasteiger partial charge in [-0.15, -0.1) is 0 Å². The van der Waals surface area contributed by atoms with Crippen LogP contribution in [0.25, 0.3) is 0 Å². The molecule has 1 heterocycles. The van der Waals surface area contributed by atoms with Gasteiger partial charge in [0.15, 0.2) is 0 Å². The van der Waals surface area contributed by atoms with Gasteiger partial charge >= 0.3 is 0 Å². The molecule has 0 aliphatic carbocycles. The maximum Gasteiger partial charge on any atom is 0.119 e. The molecular weight excluding hydrogens is 214 g/mol. The normalized spacial score (nSPS) is 18.2.